The Hall–Kier alpha value is -0.750. The average Bonchev–Trinajstić information content (AvgIpc) is 2.87. The molecule has 0 saturated heterocycles. The van der Waals surface area contributed by atoms with Crippen LogP contribution >= 0.6 is 27.3 Å². The molecule has 2 rings (SSSR count). The maximum absolute atomic E-state index is 5.67. The van der Waals surface area contributed by atoms with E-state index in [9.17, 15) is 0 Å². The largest absolute Gasteiger partial charge is 0.370 e. The van der Waals surface area contributed by atoms with E-state index in [0.717, 1.165) is 28.3 Å². The standard InChI is InChI=1S/C14H17BrN2OS/c1-2-16-7-14-17-13(10-19-14)9-18-8-11-3-5-12(15)6-4-11/h3-6,10,16H,2,7-9H2,1H3. The molecule has 5 heteroatoms. The summed E-state index contributed by atoms with van der Waals surface area (Å²) in [5, 5.41) is 6.45. The van der Waals surface area contributed by atoms with Crippen molar-refractivity contribution in [3.8, 4) is 0 Å². The van der Waals surface area contributed by atoms with Gasteiger partial charge >= 0.3 is 0 Å². The highest BCUT2D eigenvalue weighted by Crippen LogP contribution is 2.13. The molecule has 0 bridgehead atoms. The molecule has 0 radical (unpaired) electrons. The summed E-state index contributed by atoms with van der Waals surface area (Å²) in [7, 11) is 0. The first-order chi connectivity index (χ1) is 9.28. The van der Waals surface area contributed by atoms with Gasteiger partial charge in [0, 0.05) is 16.4 Å². The molecule has 0 spiro atoms. The molecule has 19 heavy (non-hydrogen) atoms. The van der Waals surface area contributed by atoms with Gasteiger partial charge in [0.05, 0.1) is 18.9 Å². The Morgan fingerprint density at radius 2 is 2.05 bits per heavy atom. The lowest BCUT2D eigenvalue weighted by Gasteiger charge is -2.02. The van der Waals surface area contributed by atoms with E-state index in [1.54, 1.807) is 11.3 Å². The van der Waals surface area contributed by atoms with E-state index in [0.29, 0.717) is 13.2 Å². The number of aromatic nitrogens is 1. The molecule has 0 amide bonds. The Morgan fingerprint density at radius 1 is 1.26 bits per heavy atom. The summed E-state index contributed by atoms with van der Waals surface area (Å²) in [6.07, 6.45) is 0. The van der Waals surface area contributed by atoms with Crippen molar-refractivity contribution in [2.45, 2.75) is 26.7 Å². The Morgan fingerprint density at radius 3 is 2.79 bits per heavy atom. The van der Waals surface area contributed by atoms with Gasteiger partial charge in [-0.15, -0.1) is 11.3 Å². The summed E-state index contributed by atoms with van der Waals surface area (Å²) < 4.78 is 6.76. The summed E-state index contributed by atoms with van der Waals surface area (Å²) >= 11 is 5.10. The molecule has 0 aliphatic rings. The molecule has 1 aromatic carbocycles. The second kappa shape index (κ2) is 7.75. The third kappa shape index (κ3) is 5.03. The van der Waals surface area contributed by atoms with Crippen molar-refractivity contribution in [3.05, 3.63) is 50.4 Å². The van der Waals surface area contributed by atoms with Crippen LogP contribution in [0.5, 0.6) is 0 Å². The highest BCUT2D eigenvalue weighted by Gasteiger charge is 2.02. The minimum Gasteiger partial charge on any atom is -0.370 e. The average molecular weight is 341 g/mol. The lowest BCUT2D eigenvalue weighted by molar-refractivity contribution is 0.105. The van der Waals surface area contributed by atoms with Gasteiger partial charge in [0.25, 0.3) is 0 Å². The van der Waals surface area contributed by atoms with Gasteiger partial charge in [-0.2, -0.15) is 0 Å². The van der Waals surface area contributed by atoms with Gasteiger partial charge < -0.3 is 10.1 Å². The van der Waals surface area contributed by atoms with Gasteiger partial charge in [-0.3, -0.25) is 0 Å². The summed E-state index contributed by atoms with van der Waals surface area (Å²) in [6, 6.07) is 8.16. The van der Waals surface area contributed by atoms with Crippen LogP contribution in [0, 0.1) is 0 Å². The number of hydrogen-bond donors (Lipinski definition) is 1. The molecule has 0 aliphatic heterocycles. The fraction of sp³-hybridized carbons (Fsp3) is 0.357. The van der Waals surface area contributed by atoms with Crippen molar-refractivity contribution in [3.63, 3.8) is 0 Å². The van der Waals surface area contributed by atoms with Crippen LogP contribution in [0.1, 0.15) is 23.2 Å². The van der Waals surface area contributed by atoms with E-state index in [1.807, 2.05) is 12.1 Å². The van der Waals surface area contributed by atoms with Crippen LogP contribution in [0.15, 0.2) is 34.1 Å². The number of rotatable bonds is 7. The zero-order valence-electron chi connectivity index (χ0n) is 10.9. The first-order valence-electron chi connectivity index (χ1n) is 6.24. The molecule has 0 unspecified atom stereocenters. The van der Waals surface area contributed by atoms with Crippen LogP contribution in [0.2, 0.25) is 0 Å². The van der Waals surface area contributed by atoms with Gasteiger partial charge in [0.1, 0.15) is 5.01 Å². The topological polar surface area (TPSA) is 34.2 Å². The number of nitrogens with one attached hydrogen (secondary N) is 1. The normalized spacial score (nSPS) is 10.8. The fourth-order valence-electron chi connectivity index (χ4n) is 1.58. The molecular formula is C14H17BrN2OS. The number of thiazole rings is 1. The van der Waals surface area contributed by atoms with E-state index in [2.05, 4.69) is 50.7 Å². The predicted octanol–water partition coefficient (Wildman–Crippen LogP) is 3.73. The lowest BCUT2D eigenvalue weighted by atomic mass is 10.2. The van der Waals surface area contributed by atoms with Crippen molar-refractivity contribution in [2.75, 3.05) is 6.54 Å². The Bertz CT molecular complexity index is 498. The SMILES string of the molecule is CCNCc1nc(COCc2ccc(Br)cc2)cs1. The fourth-order valence-corrected chi connectivity index (χ4v) is 2.59. The summed E-state index contributed by atoms with van der Waals surface area (Å²) in [6.45, 7) is 5.09. The summed E-state index contributed by atoms with van der Waals surface area (Å²) in [4.78, 5) is 4.52. The summed E-state index contributed by atoms with van der Waals surface area (Å²) in [5.41, 5.74) is 2.18. The summed E-state index contributed by atoms with van der Waals surface area (Å²) in [5.74, 6) is 0. The minimum atomic E-state index is 0.568. The maximum atomic E-state index is 5.67. The highest BCUT2D eigenvalue weighted by molar-refractivity contribution is 9.10. The smallest absolute Gasteiger partial charge is 0.107 e. The second-order valence-corrected chi connectivity index (χ2v) is 5.99. The van der Waals surface area contributed by atoms with Crippen molar-refractivity contribution in [1.29, 1.82) is 0 Å². The highest BCUT2D eigenvalue weighted by atomic mass is 79.9. The van der Waals surface area contributed by atoms with Crippen LogP contribution in [-0.4, -0.2) is 11.5 Å². The van der Waals surface area contributed by atoms with Crippen LogP contribution < -0.4 is 5.32 Å². The van der Waals surface area contributed by atoms with Crippen molar-refractivity contribution < 1.29 is 4.74 Å². The van der Waals surface area contributed by atoms with Crippen molar-refractivity contribution in [2.24, 2.45) is 0 Å². The number of nitrogens with zero attached hydrogens (tertiary/aromatic N) is 1. The van der Waals surface area contributed by atoms with Gasteiger partial charge in [0.2, 0.25) is 0 Å². The zero-order valence-corrected chi connectivity index (χ0v) is 13.3. The number of ether oxygens (including phenoxy) is 1. The number of halogens is 1. The molecule has 1 heterocycles. The molecular weight excluding hydrogens is 324 g/mol. The van der Waals surface area contributed by atoms with Gasteiger partial charge in [-0.05, 0) is 24.2 Å². The van der Waals surface area contributed by atoms with Crippen LogP contribution in [0.25, 0.3) is 0 Å². The Kier molecular flexibility index (Phi) is 5.97. The Labute approximate surface area is 126 Å². The Balaban J connectivity index is 1.76. The number of hydrogen-bond acceptors (Lipinski definition) is 4. The lowest BCUT2D eigenvalue weighted by Crippen LogP contribution is -2.11. The van der Waals surface area contributed by atoms with E-state index in [1.165, 1.54) is 5.56 Å². The van der Waals surface area contributed by atoms with E-state index in [-0.39, 0.29) is 0 Å². The van der Waals surface area contributed by atoms with E-state index in [4.69, 9.17) is 4.74 Å². The molecule has 0 atom stereocenters. The monoisotopic (exact) mass is 340 g/mol. The molecule has 102 valence electrons. The third-order valence-electron chi connectivity index (χ3n) is 2.56. The molecule has 0 saturated carbocycles. The van der Waals surface area contributed by atoms with Crippen LogP contribution in [-0.2, 0) is 24.5 Å². The van der Waals surface area contributed by atoms with E-state index < -0.39 is 0 Å². The molecule has 2 aromatic rings. The first-order valence-corrected chi connectivity index (χ1v) is 7.91. The zero-order chi connectivity index (χ0) is 13.5. The first kappa shape index (κ1) is 14.7. The van der Waals surface area contributed by atoms with Crippen molar-refractivity contribution >= 4 is 27.3 Å². The van der Waals surface area contributed by atoms with Crippen molar-refractivity contribution in [1.82, 2.24) is 10.3 Å². The van der Waals surface area contributed by atoms with Gasteiger partial charge in [-0.25, -0.2) is 4.98 Å². The molecule has 0 aliphatic carbocycles. The number of benzene rings is 1. The molecule has 1 aromatic heterocycles. The van der Waals surface area contributed by atoms with Crippen LogP contribution in [0.4, 0.5) is 0 Å². The van der Waals surface area contributed by atoms with Gasteiger partial charge in [0.15, 0.2) is 0 Å². The molecule has 0 fully saturated rings. The van der Waals surface area contributed by atoms with Crippen LogP contribution in [0.3, 0.4) is 0 Å². The van der Waals surface area contributed by atoms with Gasteiger partial charge in [-0.1, -0.05) is 35.0 Å². The predicted molar refractivity (Wildman–Crippen MR) is 82.1 cm³/mol. The minimum absolute atomic E-state index is 0.568. The molecule has 1 N–H and O–H groups in total. The third-order valence-corrected chi connectivity index (χ3v) is 3.98. The van der Waals surface area contributed by atoms with E-state index >= 15 is 0 Å². The maximum Gasteiger partial charge on any atom is 0.107 e. The molecule has 3 nitrogen and oxygen atoms in total. The second-order valence-electron chi connectivity index (χ2n) is 4.13. The quantitative estimate of drug-likeness (QED) is 0.833.